The van der Waals surface area contributed by atoms with Gasteiger partial charge in [-0.05, 0) is 46.2 Å². The third kappa shape index (κ3) is 1.86. The predicted molar refractivity (Wildman–Crippen MR) is 51.8 cm³/mol. The zero-order valence-electron chi connectivity index (χ0n) is 8.34. The van der Waals surface area contributed by atoms with E-state index in [9.17, 15) is 0 Å². The van der Waals surface area contributed by atoms with Gasteiger partial charge in [0, 0.05) is 12.6 Å². The first-order valence-corrected chi connectivity index (χ1v) is 4.70. The van der Waals surface area contributed by atoms with Crippen molar-refractivity contribution in [3.05, 3.63) is 0 Å². The summed E-state index contributed by atoms with van der Waals surface area (Å²) in [5.41, 5.74) is 0.0376. The van der Waals surface area contributed by atoms with Gasteiger partial charge in [0.2, 0.25) is 0 Å². The van der Waals surface area contributed by atoms with Crippen molar-refractivity contribution in [2.45, 2.75) is 45.3 Å². The van der Waals surface area contributed by atoms with Crippen LogP contribution in [0.15, 0.2) is 4.99 Å². The zero-order valence-corrected chi connectivity index (χ0v) is 8.34. The van der Waals surface area contributed by atoms with Crippen LogP contribution in [0, 0.1) is 5.92 Å². The molecule has 0 atom stereocenters. The van der Waals surface area contributed by atoms with E-state index in [4.69, 9.17) is 4.74 Å². The summed E-state index contributed by atoms with van der Waals surface area (Å²) in [6.45, 7) is 10.7. The van der Waals surface area contributed by atoms with Crippen molar-refractivity contribution in [3.8, 4) is 0 Å². The largest absolute Gasteiger partial charge is 0.376 e. The van der Waals surface area contributed by atoms with Gasteiger partial charge in [-0.1, -0.05) is 0 Å². The van der Waals surface area contributed by atoms with Crippen molar-refractivity contribution >= 4 is 6.72 Å². The molecule has 12 heavy (non-hydrogen) atoms. The van der Waals surface area contributed by atoms with Crippen LogP contribution in [0.3, 0.4) is 0 Å². The average Bonchev–Trinajstić information content (AvgIpc) is 1.83. The number of rotatable bonds is 4. The van der Waals surface area contributed by atoms with Crippen molar-refractivity contribution in [2.75, 3.05) is 6.61 Å². The van der Waals surface area contributed by atoms with Crippen molar-refractivity contribution in [2.24, 2.45) is 10.9 Å². The quantitative estimate of drug-likeness (QED) is 0.592. The van der Waals surface area contributed by atoms with E-state index >= 15 is 0 Å². The maximum atomic E-state index is 5.66. The van der Waals surface area contributed by atoms with E-state index in [-0.39, 0.29) is 5.60 Å². The lowest BCUT2D eigenvalue weighted by molar-refractivity contribution is -0.0824. The van der Waals surface area contributed by atoms with E-state index < -0.39 is 0 Å². The molecule has 0 amide bonds. The lowest BCUT2D eigenvalue weighted by Crippen LogP contribution is -2.44. The third-order valence-electron chi connectivity index (χ3n) is 2.87. The highest BCUT2D eigenvalue weighted by Crippen LogP contribution is 2.39. The van der Waals surface area contributed by atoms with Gasteiger partial charge in [0.25, 0.3) is 0 Å². The molecular formula is C10H19NO. The summed E-state index contributed by atoms with van der Waals surface area (Å²) in [5, 5.41) is 0. The molecule has 0 spiro atoms. The topological polar surface area (TPSA) is 21.6 Å². The van der Waals surface area contributed by atoms with Crippen LogP contribution in [-0.4, -0.2) is 25.0 Å². The molecule has 0 radical (unpaired) electrons. The lowest BCUT2D eigenvalue weighted by Gasteiger charge is -2.43. The normalized spacial score (nSPS) is 29.6. The first-order valence-electron chi connectivity index (χ1n) is 4.70. The minimum Gasteiger partial charge on any atom is -0.376 e. The van der Waals surface area contributed by atoms with E-state index in [1.165, 1.54) is 0 Å². The Bertz CT molecular complexity index is 159. The van der Waals surface area contributed by atoms with Gasteiger partial charge in [0.15, 0.2) is 0 Å². The Morgan fingerprint density at radius 3 is 2.50 bits per heavy atom. The summed E-state index contributed by atoms with van der Waals surface area (Å²) in [4.78, 5) is 4.01. The predicted octanol–water partition coefficient (Wildman–Crippen LogP) is 2.28. The van der Waals surface area contributed by atoms with Crippen molar-refractivity contribution in [1.29, 1.82) is 0 Å². The highest BCUT2D eigenvalue weighted by molar-refractivity contribution is 5.25. The second-order valence-corrected chi connectivity index (χ2v) is 4.04. The molecule has 0 aliphatic heterocycles. The summed E-state index contributed by atoms with van der Waals surface area (Å²) >= 11 is 0. The zero-order chi connectivity index (χ0) is 9.19. The van der Waals surface area contributed by atoms with Crippen LogP contribution in [0.4, 0.5) is 0 Å². The molecule has 1 rings (SSSR count). The van der Waals surface area contributed by atoms with Crippen LogP contribution in [-0.2, 0) is 4.74 Å². The maximum Gasteiger partial charge on any atom is 0.0655 e. The van der Waals surface area contributed by atoms with Gasteiger partial charge in [-0.2, -0.15) is 0 Å². The molecule has 0 aromatic rings. The number of aliphatic imine (C=N–C) groups is 1. The molecular weight excluding hydrogens is 150 g/mol. The molecule has 0 aromatic heterocycles. The van der Waals surface area contributed by atoms with E-state index in [2.05, 4.69) is 25.6 Å². The summed E-state index contributed by atoms with van der Waals surface area (Å²) in [5.74, 6) is 0.674. The van der Waals surface area contributed by atoms with Gasteiger partial charge < -0.3 is 4.74 Å². The maximum absolute atomic E-state index is 5.66. The van der Waals surface area contributed by atoms with E-state index in [0.717, 1.165) is 19.4 Å². The number of ether oxygens (including phenoxy) is 1. The smallest absolute Gasteiger partial charge is 0.0655 e. The minimum absolute atomic E-state index is 0.0376. The van der Waals surface area contributed by atoms with Crippen molar-refractivity contribution < 1.29 is 4.74 Å². The Balaban J connectivity index is 2.34. The minimum atomic E-state index is 0.0376. The molecule has 2 nitrogen and oxygen atoms in total. The van der Waals surface area contributed by atoms with Gasteiger partial charge in [0.1, 0.15) is 0 Å². The fourth-order valence-corrected chi connectivity index (χ4v) is 1.79. The molecule has 0 heterocycles. The van der Waals surface area contributed by atoms with Gasteiger partial charge in [-0.25, -0.2) is 0 Å². The molecule has 0 N–H and O–H groups in total. The molecule has 70 valence electrons. The summed E-state index contributed by atoms with van der Waals surface area (Å²) in [6.07, 6.45) is 2.30. The SMILES string of the molecule is C=NC1CC(C(C)(C)OCC)C1. The Morgan fingerprint density at radius 1 is 1.50 bits per heavy atom. The fourth-order valence-electron chi connectivity index (χ4n) is 1.79. The molecule has 1 saturated carbocycles. The molecule has 0 aromatic carbocycles. The average molecular weight is 169 g/mol. The number of hydrogen-bond acceptors (Lipinski definition) is 2. The second-order valence-electron chi connectivity index (χ2n) is 4.04. The second kappa shape index (κ2) is 3.56. The highest BCUT2D eigenvalue weighted by atomic mass is 16.5. The van der Waals surface area contributed by atoms with Crippen LogP contribution >= 0.6 is 0 Å². The third-order valence-corrected chi connectivity index (χ3v) is 2.87. The number of hydrogen-bond donors (Lipinski definition) is 0. The van der Waals surface area contributed by atoms with Gasteiger partial charge >= 0.3 is 0 Å². The van der Waals surface area contributed by atoms with Crippen LogP contribution in [0.2, 0.25) is 0 Å². The molecule has 0 unspecified atom stereocenters. The Labute approximate surface area is 75.0 Å². The highest BCUT2D eigenvalue weighted by Gasteiger charge is 2.39. The van der Waals surface area contributed by atoms with E-state index in [1.54, 1.807) is 0 Å². The Kier molecular flexibility index (Phi) is 2.89. The van der Waals surface area contributed by atoms with Crippen molar-refractivity contribution in [1.82, 2.24) is 0 Å². The first-order chi connectivity index (χ1) is 5.60. The Hall–Kier alpha value is -0.370. The fraction of sp³-hybridized carbons (Fsp3) is 0.900. The van der Waals surface area contributed by atoms with Gasteiger partial charge in [-0.3, -0.25) is 4.99 Å². The first kappa shape index (κ1) is 9.72. The van der Waals surface area contributed by atoms with Crippen LogP contribution in [0.1, 0.15) is 33.6 Å². The molecule has 1 aliphatic carbocycles. The molecule has 1 fully saturated rings. The summed E-state index contributed by atoms with van der Waals surface area (Å²) < 4.78 is 5.66. The van der Waals surface area contributed by atoms with Gasteiger partial charge in [-0.15, -0.1) is 0 Å². The van der Waals surface area contributed by atoms with Crippen LogP contribution in [0.5, 0.6) is 0 Å². The molecule has 0 bridgehead atoms. The standard InChI is InChI=1S/C10H19NO/c1-5-12-10(2,3)8-6-9(7-8)11-4/h8-9H,4-7H2,1-3H3. The van der Waals surface area contributed by atoms with Crippen molar-refractivity contribution in [3.63, 3.8) is 0 Å². The monoisotopic (exact) mass is 169 g/mol. The lowest BCUT2D eigenvalue weighted by atomic mass is 9.71. The summed E-state index contributed by atoms with van der Waals surface area (Å²) in [6, 6.07) is 0.495. The molecule has 2 heteroatoms. The molecule has 1 aliphatic rings. The van der Waals surface area contributed by atoms with E-state index in [0.29, 0.717) is 12.0 Å². The Morgan fingerprint density at radius 2 is 2.08 bits per heavy atom. The van der Waals surface area contributed by atoms with E-state index in [1.807, 2.05) is 6.92 Å². The molecule has 0 saturated heterocycles. The van der Waals surface area contributed by atoms with Gasteiger partial charge in [0.05, 0.1) is 5.60 Å². The van der Waals surface area contributed by atoms with Crippen LogP contribution in [0.25, 0.3) is 0 Å². The summed E-state index contributed by atoms with van der Waals surface area (Å²) in [7, 11) is 0. The number of nitrogens with zero attached hydrogens (tertiary/aromatic N) is 1. The van der Waals surface area contributed by atoms with Crippen LogP contribution < -0.4 is 0 Å².